The number of ether oxygens (including phenoxy) is 1. The summed E-state index contributed by atoms with van der Waals surface area (Å²) in [6.07, 6.45) is 4.87. The summed E-state index contributed by atoms with van der Waals surface area (Å²) in [5.74, 6) is 0.622. The summed E-state index contributed by atoms with van der Waals surface area (Å²) in [6.45, 7) is 9.38. The van der Waals surface area contributed by atoms with Gasteiger partial charge >= 0.3 is 0 Å². The number of hydrogen-bond acceptors (Lipinski definition) is 4. The molecule has 0 bridgehead atoms. The fraction of sp³-hybridized carbons (Fsp3) is 0.706. The maximum absolute atomic E-state index is 11.8. The predicted molar refractivity (Wildman–Crippen MR) is 87.2 cm³/mol. The van der Waals surface area contributed by atoms with Crippen molar-refractivity contribution in [1.82, 2.24) is 9.47 Å². The molecule has 0 spiro atoms. The lowest BCUT2D eigenvalue weighted by Gasteiger charge is -2.31. The van der Waals surface area contributed by atoms with Gasteiger partial charge in [-0.2, -0.15) is 0 Å². The van der Waals surface area contributed by atoms with Gasteiger partial charge in [-0.05, 0) is 45.2 Å². The molecule has 124 valence electrons. The second-order valence-corrected chi connectivity index (χ2v) is 6.22. The molecule has 1 aromatic rings. The van der Waals surface area contributed by atoms with Crippen LogP contribution in [0.5, 0.6) is 5.75 Å². The van der Waals surface area contributed by atoms with Gasteiger partial charge in [-0.1, -0.05) is 6.92 Å². The maximum atomic E-state index is 11.8. The molecule has 2 rings (SSSR count). The zero-order valence-electron chi connectivity index (χ0n) is 13.8. The molecule has 0 aliphatic carbocycles. The molecule has 0 aromatic carbocycles. The Bertz CT molecular complexity index is 519. The van der Waals surface area contributed by atoms with Crippen molar-refractivity contribution in [2.24, 2.45) is 5.92 Å². The van der Waals surface area contributed by atoms with Crippen LogP contribution in [0.15, 0.2) is 17.1 Å². The monoisotopic (exact) mass is 308 g/mol. The molecular weight excluding hydrogens is 280 g/mol. The molecule has 2 heterocycles. The molecule has 0 atom stereocenters. The highest BCUT2D eigenvalue weighted by Gasteiger charge is 2.17. The standard InChI is InChI=1S/C17H28N2O3/c1-3-22-10-4-7-19-13-17(21)16(20)11-15(19)12-18-8-5-14(2)6-9-18/h11,13-14,21H,3-10,12H2,1-2H3. The lowest BCUT2D eigenvalue weighted by Crippen LogP contribution is -2.33. The van der Waals surface area contributed by atoms with Crippen molar-refractivity contribution in [2.45, 2.75) is 46.2 Å². The van der Waals surface area contributed by atoms with Crippen LogP contribution in [0.1, 0.15) is 38.8 Å². The van der Waals surface area contributed by atoms with Crippen molar-refractivity contribution in [3.8, 4) is 5.75 Å². The number of nitrogens with zero attached hydrogens (tertiary/aromatic N) is 2. The third kappa shape index (κ3) is 4.85. The van der Waals surface area contributed by atoms with E-state index in [1.54, 1.807) is 12.3 Å². The van der Waals surface area contributed by atoms with Gasteiger partial charge in [0.05, 0.1) is 6.20 Å². The summed E-state index contributed by atoms with van der Waals surface area (Å²) < 4.78 is 7.36. The van der Waals surface area contributed by atoms with E-state index in [0.29, 0.717) is 13.2 Å². The first-order chi connectivity index (χ1) is 10.6. The first kappa shape index (κ1) is 17.0. The Labute approximate surface area is 132 Å². The highest BCUT2D eigenvalue weighted by atomic mass is 16.5. The van der Waals surface area contributed by atoms with Gasteiger partial charge in [0.1, 0.15) is 0 Å². The second-order valence-electron chi connectivity index (χ2n) is 6.22. The molecule has 1 N–H and O–H groups in total. The zero-order valence-corrected chi connectivity index (χ0v) is 13.8. The van der Waals surface area contributed by atoms with Gasteiger partial charge in [0.2, 0.25) is 5.43 Å². The van der Waals surface area contributed by atoms with E-state index in [1.165, 1.54) is 12.8 Å². The predicted octanol–water partition coefficient (Wildman–Crippen LogP) is 2.21. The van der Waals surface area contributed by atoms with Crippen molar-refractivity contribution in [2.75, 3.05) is 26.3 Å². The van der Waals surface area contributed by atoms with E-state index in [1.807, 2.05) is 11.5 Å². The summed E-state index contributed by atoms with van der Waals surface area (Å²) in [7, 11) is 0. The lowest BCUT2D eigenvalue weighted by molar-refractivity contribution is 0.140. The summed E-state index contributed by atoms with van der Waals surface area (Å²) in [5, 5.41) is 9.69. The van der Waals surface area contributed by atoms with E-state index in [9.17, 15) is 9.90 Å². The average Bonchev–Trinajstić information content (AvgIpc) is 2.50. The minimum atomic E-state index is -0.290. The van der Waals surface area contributed by atoms with Crippen molar-refractivity contribution in [1.29, 1.82) is 0 Å². The van der Waals surface area contributed by atoms with Crippen LogP contribution in [0, 0.1) is 5.92 Å². The van der Waals surface area contributed by atoms with Crippen LogP contribution in [-0.4, -0.2) is 40.9 Å². The fourth-order valence-electron chi connectivity index (χ4n) is 2.88. The van der Waals surface area contributed by atoms with Gasteiger partial charge in [0.15, 0.2) is 5.75 Å². The Morgan fingerprint density at radius 1 is 1.36 bits per heavy atom. The van der Waals surface area contributed by atoms with Crippen molar-refractivity contribution in [3.63, 3.8) is 0 Å². The fourth-order valence-corrected chi connectivity index (χ4v) is 2.88. The first-order valence-electron chi connectivity index (χ1n) is 8.32. The normalized spacial score (nSPS) is 17.0. The second kappa shape index (κ2) is 8.34. The number of aromatic nitrogens is 1. The zero-order chi connectivity index (χ0) is 15.9. The molecular formula is C17H28N2O3. The third-order valence-corrected chi connectivity index (χ3v) is 4.35. The molecule has 5 nitrogen and oxygen atoms in total. The number of aromatic hydroxyl groups is 1. The van der Waals surface area contributed by atoms with Crippen LogP contribution < -0.4 is 5.43 Å². The van der Waals surface area contributed by atoms with Crippen molar-refractivity contribution < 1.29 is 9.84 Å². The number of piperidine rings is 1. The number of aryl methyl sites for hydroxylation is 1. The van der Waals surface area contributed by atoms with Gasteiger partial charge in [-0.25, -0.2) is 0 Å². The number of pyridine rings is 1. The summed E-state index contributed by atoms with van der Waals surface area (Å²) in [4.78, 5) is 14.1. The number of likely N-dealkylation sites (tertiary alicyclic amines) is 1. The molecule has 1 aliphatic rings. The van der Waals surface area contributed by atoms with Crippen LogP contribution in [0.4, 0.5) is 0 Å². The van der Waals surface area contributed by atoms with Gasteiger partial charge in [-0.3, -0.25) is 9.69 Å². The summed E-state index contributed by atoms with van der Waals surface area (Å²) in [5.41, 5.74) is 0.690. The Balaban J connectivity index is 2.04. The third-order valence-electron chi connectivity index (χ3n) is 4.35. The Morgan fingerprint density at radius 3 is 2.77 bits per heavy atom. The Morgan fingerprint density at radius 2 is 2.09 bits per heavy atom. The van der Waals surface area contributed by atoms with Gasteiger partial charge in [0.25, 0.3) is 0 Å². The molecule has 0 amide bonds. The van der Waals surface area contributed by atoms with E-state index < -0.39 is 0 Å². The summed E-state index contributed by atoms with van der Waals surface area (Å²) in [6, 6.07) is 1.58. The van der Waals surface area contributed by atoms with E-state index >= 15 is 0 Å². The number of rotatable bonds is 7. The van der Waals surface area contributed by atoms with Crippen molar-refractivity contribution in [3.05, 3.63) is 28.2 Å². The van der Waals surface area contributed by atoms with Crippen molar-refractivity contribution >= 4 is 0 Å². The van der Waals surface area contributed by atoms with Gasteiger partial charge < -0.3 is 14.4 Å². The van der Waals surface area contributed by atoms with Crippen LogP contribution in [0.25, 0.3) is 0 Å². The molecule has 0 radical (unpaired) electrons. The molecule has 0 unspecified atom stereocenters. The smallest absolute Gasteiger partial charge is 0.223 e. The largest absolute Gasteiger partial charge is 0.503 e. The highest BCUT2D eigenvalue weighted by Crippen LogP contribution is 2.18. The molecule has 1 aliphatic heterocycles. The lowest BCUT2D eigenvalue weighted by atomic mass is 9.99. The average molecular weight is 308 g/mol. The van der Waals surface area contributed by atoms with E-state index in [-0.39, 0.29) is 11.2 Å². The number of hydrogen-bond donors (Lipinski definition) is 1. The van der Waals surface area contributed by atoms with Gasteiger partial charge in [0, 0.05) is 38.1 Å². The highest BCUT2D eigenvalue weighted by molar-refractivity contribution is 5.20. The Hall–Kier alpha value is -1.33. The maximum Gasteiger partial charge on any atom is 0.223 e. The van der Waals surface area contributed by atoms with Crippen LogP contribution in [0.2, 0.25) is 0 Å². The van der Waals surface area contributed by atoms with E-state index in [4.69, 9.17) is 4.74 Å². The molecule has 1 fully saturated rings. The molecule has 0 saturated carbocycles. The molecule has 22 heavy (non-hydrogen) atoms. The van der Waals surface area contributed by atoms with Crippen LogP contribution in [0.3, 0.4) is 0 Å². The summed E-state index contributed by atoms with van der Waals surface area (Å²) >= 11 is 0. The Kier molecular flexibility index (Phi) is 6.46. The topological polar surface area (TPSA) is 54.7 Å². The van der Waals surface area contributed by atoms with Crippen LogP contribution in [-0.2, 0) is 17.8 Å². The van der Waals surface area contributed by atoms with E-state index in [2.05, 4.69) is 11.8 Å². The molecule has 1 saturated heterocycles. The van der Waals surface area contributed by atoms with Crippen LogP contribution >= 0.6 is 0 Å². The molecule has 5 heteroatoms. The van der Waals surface area contributed by atoms with Gasteiger partial charge in [-0.15, -0.1) is 0 Å². The quantitative estimate of drug-likeness (QED) is 0.785. The minimum absolute atomic E-state index is 0.174. The SMILES string of the molecule is CCOCCCn1cc(O)c(=O)cc1CN1CCC(C)CC1. The van der Waals surface area contributed by atoms with E-state index in [0.717, 1.165) is 44.2 Å². The first-order valence-corrected chi connectivity index (χ1v) is 8.32. The molecule has 1 aromatic heterocycles. The minimum Gasteiger partial charge on any atom is -0.503 e.